The molecular formula is C44H54O9P+. The third-order valence-electron chi connectivity index (χ3n) is 9.40. The molecule has 288 valence electrons. The molecule has 0 heterocycles. The van der Waals surface area contributed by atoms with E-state index in [0.717, 1.165) is 44.1 Å². The zero-order valence-corrected chi connectivity index (χ0v) is 34.0. The van der Waals surface area contributed by atoms with Gasteiger partial charge in [-0.15, -0.1) is 0 Å². The summed E-state index contributed by atoms with van der Waals surface area (Å²) in [5.41, 5.74) is 0.245. The van der Waals surface area contributed by atoms with Gasteiger partial charge in [-0.1, -0.05) is 69.4 Å². The average Bonchev–Trinajstić information content (AvgIpc) is 3.17. The van der Waals surface area contributed by atoms with Gasteiger partial charge in [0, 0.05) is 6.07 Å². The number of ether oxygens (including phenoxy) is 6. The second-order valence-electron chi connectivity index (χ2n) is 13.2. The number of hydrogen-bond acceptors (Lipinski definition) is 9. The van der Waals surface area contributed by atoms with Crippen molar-refractivity contribution in [1.29, 1.82) is 0 Å². The van der Waals surface area contributed by atoms with Gasteiger partial charge in [0.2, 0.25) is 0 Å². The van der Waals surface area contributed by atoms with Crippen molar-refractivity contribution in [2.45, 2.75) is 73.1 Å². The Bertz CT molecular complexity index is 1820. The molecule has 0 aliphatic carbocycles. The van der Waals surface area contributed by atoms with E-state index >= 15 is 14.4 Å². The largest absolute Gasteiger partial charge is 0.496 e. The minimum atomic E-state index is -4.58. The van der Waals surface area contributed by atoms with Gasteiger partial charge in [0.1, 0.15) is 39.9 Å². The third kappa shape index (κ3) is 8.57. The van der Waals surface area contributed by atoms with Crippen LogP contribution >= 0.6 is 7.26 Å². The van der Waals surface area contributed by atoms with Gasteiger partial charge in [-0.25, -0.2) is 14.4 Å². The van der Waals surface area contributed by atoms with Crippen molar-refractivity contribution in [2.75, 3.05) is 41.7 Å². The van der Waals surface area contributed by atoms with Crippen molar-refractivity contribution in [3.8, 4) is 34.5 Å². The second kappa shape index (κ2) is 19.4. The maximum absolute atomic E-state index is 16.1. The number of carbonyl (C=O) groups excluding carboxylic acids is 3. The molecule has 0 aliphatic rings. The first-order chi connectivity index (χ1) is 26.0. The minimum absolute atomic E-state index is 0.0364. The molecule has 9 nitrogen and oxygen atoms in total. The predicted molar refractivity (Wildman–Crippen MR) is 216 cm³/mol. The lowest BCUT2D eigenvalue weighted by molar-refractivity contribution is 0.101. The van der Waals surface area contributed by atoms with Crippen LogP contribution in [0.15, 0.2) is 66.7 Å². The van der Waals surface area contributed by atoms with E-state index in [-0.39, 0.29) is 57.3 Å². The number of rotatable bonds is 21. The lowest BCUT2D eigenvalue weighted by Gasteiger charge is -2.27. The highest BCUT2D eigenvalue weighted by Gasteiger charge is 2.68. The van der Waals surface area contributed by atoms with Crippen LogP contribution in [0.5, 0.6) is 34.5 Å². The maximum atomic E-state index is 16.1. The standard InChI is InChI=1S/C44H54O9P/c1-10-12-14-24-52-32-22-23-38(37(28-32)53-25-15-13-11-2)54(42(45)39-30(4)26-29(3)27-31(39)5,43(46)40-33(48-6)18-16-19-34(40)49-7)44(47)41-35(50-8)20-17-21-36(41)51-9/h16-23,26-28H,10-15,24-25H2,1-9H3/q+1. The van der Waals surface area contributed by atoms with E-state index in [2.05, 4.69) is 13.8 Å². The molecule has 4 aromatic carbocycles. The van der Waals surface area contributed by atoms with Crippen molar-refractivity contribution >= 4 is 29.1 Å². The summed E-state index contributed by atoms with van der Waals surface area (Å²) in [5.74, 6) is 1.31. The van der Waals surface area contributed by atoms with E-state index in [1.807, 2.05) is 32.9 Å². The molecule has 0 amide bonds. The van der Waals surface area contributed by atoms with Crippen LogP contribution in [0.4, 0.5) is 0 Å². The highest BCUT2D eigenvalue weighted by Crippen LogP contribution is 2.69. The van der Waals surface area contributed by atoms with Crippen molar-refractivity contribution < 1.29 is 42.8 Å². The zero-order valence-electron chi connectivity index (χ0n) is 33.1. The van der Waals surface area contributed by atoms with E-state index in [4.69, 9.17) is 28.4 Å². The smallest absolute Gasteiger partial charge is 0.328 e. The topological polar surface area (TPSA) is 107 Å². The Morgan fingerprint density at radius 1 is 0.519 bits per heavy atom. The second-order valence-corrected chi connectivity index (χ2v) is 16.2. The first kappa shape index (κ1) is 41.9. The fraction of sp³-hybridized carbons (Fsp3) is 0.386. The summed E-state index contributed by atoms with van der Waals surface area (Å²) >= 11 is 0. The summed E-state index contributed by atoms with van der Waals surface area (Å²) in [6, 6.07) is 18.6. The summed E-state index contributed by atoms with van der Waals surface area (Å²) in [7, 11) is 1.14. The molecule has 0 fully saturated rings. The molecule has 0 radical (unpaired) electrons. The predicted octanol–water partition coefficient (Wildman–Crippen LogP) is 9.95. The number of benzene rings is 4. The molecular weight excluding hydrogens is 703 g/mol. The summed E-state index contributed by atoms with van der Waals surface area (Å²) in [6.07, 6.45) is 5.46. The molecule has 0 saturated heterocycles. The SMILES string of the molecule is CCCCCOc1ccc([P+](C(=O)c2c(C)cc(C)cc2C)(C(=O)c2c(OC)cccc2OC)C(=O)c2c(OC)cccc2OC)c(OCCCCC)c1. The van der Waals surface area contributed by atoms with Crippen molar-refractivity contribution in [3.63, 3.8) is 0 Å². The summed E-state index contributed by atoms with van der Waals surface area (Å²) in [5, 5.41) is 0.153. The van der Waals surface area contributed by atoms with Gasteiger partial charge in [-0.2, -0.15) is 0 Å². The Morgan fingerprint density at radius 2 is 0.944 bits per heavy atom. The van der Waals surface area contributed by atoms with Crippen LogP contribution in [-0.4, -0.2) is 58.2 Å². The molecule has 0 bridgehead atoms. The van der Waals surface area contributed by atoms with Gasteiger partial charge < -0.3 is 28.4 Å². The Labute approximate surface area is 320 Å². The van der Waals surface area contributed by atoms with Gasteiger partial charge in [0.15, 0.2) is 11.1 Å². The Kier molecular flexibility index (Phi) is 15.1. The Morgan fingerprint density at radius 3 is 1.37 bits per heavy atom. The zero-order chi connectivity index (χ0) is 39.4. The molecule has 0 N–H and O–H groups in total. The van der Waals surface area contributed by atoms with Gasteiger partial charge in [0.05, 0.1) is 47.2 Å². The van der Waals surface area contributed by atoms with Crippen LogP contribution in [-0.2, 0) is 0 Å². The number of aryl methyl sites for hydroxylation is 3. The summed E-state index contributed by atoms with van der Waals surface area (Å²) < 4.78 is 35.8. The molecule has 4 aromatic rings. The molecule has 0 saturated carbocycles. The molecule has 0 unspecified atom stereocenters. The number of carbonyl (C=O) groups is 3. The lowest BCUT2D eigenvalue weighted by atomic mass is 10.0. The normalized spacial score (nSPS) is 11.1. The molecule has 10 heteroatoms. The average molecular weight is 758 g/mol. The third-order valence-corrected chi connectivity index (χ3v) is 13.0. The van der Waals surface area contributed by atoms with E-state index in [0.29, 0.717) is 23.5 Å². The van der Waals surface area contributed by atoms with Crippen LogP contribution < -0.4 is 33.7 Å². The lowest BCUT2D eigenvalue weighted by Crippen LogP contribution is -2.35. The molecule has 0 aliphatic heterocycles. The van der Waals surface area contributed by atoms with Gasteiger partial charge in [0.25, 0.3) is 7.26 Å². The van der Waals surface area contributed by atoms with Gasteiger partial charge in [-0.3, -0.25) is 0 Å². The first-order valence-electron chi connectivity index (χ1n) is 18.5. The number of hydrogen-bond donors (Lipinski definition) is 0. The van der Waals surface area contributed by atoms with Crippen LogP contribution in [0.2, 0.25) is 0 Å². The number of unbranched alkanes of at least 4 members (excludes halogenated alkanes) is 4. The first-order valence-corrected chi connectivity index (χ1v) is 20.3. The summed E-state index contributed by atoms with van der Waals surface area (Å²) in [6.45, 7) is 10.5. The van der Waals surface area contributed by atoms with Gasteiger partial charge >= 0.3 is 16.6 Å². The van der Waals surface area contributed by atoms with Gasteiger partial charge in [-0.05, 0) is 81.1 Å². The fourth-order valence-electron chi connectivity index (χ4n) is 6.80. The Balaban J connectivity index is 2.25. The monoisotopic (exact) mass is 757 g/mol. The van der Waals surface area contributed by atoms with Crippen LogP contribution in [0.3, 0.4) is 0 Å². The van der Waals surface area contributed by atoms with Crippen molar-refractivity contribution in [2.24, 2.45) is 0 Å². The van der Waals surface area contributed by atoms with Crippen LogP contribution in [0.1, 0.15) is 100 Å². The highest BCUT2D eigenvalue weighted by atomic mass is 31.2. The molecule has 0 aromatic heterocycles. The van der Waals surface area contributed by atoms with E-state index < -0.39 is 23.8 Å². The minimum Gasteiger partial charge on any atom is -0.496 e. The van der Waals surface area contributed by atoms with E-state index in [1.165, 1.54) is 28.4 Å². The maximum Gasteiger partial charge on any atom is 0.328 e. The van der Waals surface area contributed by atoms with Crippen molar-refractivity contribution in [1.82, 2.24) is 0 Å². The molecule has 4 rings (SSSR count). The van der Waals surface area contributed by atoms with E-state index in [1.54, 1.807) is 54.6 Å². The highest BCUT2D eigenvalue weighted by molar-refractivity contribution is 8.21. The van der Waals surface area contributed by atoms with Crippen molar-refractivity contribution in [3.05, 3.63) is 100 Å². The van der Waals surface area contributed by atoms with E-state index in [9.17, 15) is 0 Å². The molecule has 0 atom stereocenters. The van der Waals surface area contributed by atoms with Crippen LogP contribution in [0, 0.1) is 20.8 Å². The van der Waals surface area contributed by atoms with Crippen LogP contribution in [0.25, 0.3) is 0 Å². The Hall–Kier alpha value is -4.88. The molecule has 54 heavy (non-hydrogen) atoms. The fourth-order valence-corrected chi connectivity index (χ4v) is 10.6. The summed E-state index contributed by atoms with van der Waals surface area (Å²) in [4.78, 5) is 48.2. The number of methoxy groups -OCH3 is 4. The quantitative estimate of drug-likeness (QED) is 0.0607. The molecule has 0 spiro atoms.